The number of nitrogens with zero attached hydrogens (tertiary/aromatic N) is 1. The molecule has 0 saturated carbocycles. The quantitative estimate of drug-likeness (QED) is 0.724. The maximum atomic E-state index is 12.2. The third-order valence-electron chi connectivity index (χ3n) is 3.00. The van der Waals surface area contributed by atoms with Gasteiger partial charge in [0.15, 0.2) is 5.78 Å². The fourth-order valence-electron chi connectivity index (χ4n) is 1.85. The molecule has 3 heteroatoms. The van der Waals surface area contributed by atoms with Crippen LogP contribution in [0.4, 0.5) is 0 Å². The zero-order chi connectivity index (χ0) is 12.8. The number of halogens is 1. The van der Waals surface area contributed by atoms with Crippen molar-refractivity contribution in [1.29, 1.82) is 0 Å². The van der Waals surface area contributed by atoms with Gasteiger partial charge in [0.25, 0.3) is 0 Å². The minimum Gasteiger partial charge on any atom is -0.303 e. The van der Waals surface area contributed by atoms with Crippen LogP contribution >= 0.6 is 11.6 Å². The molecule has 0 radical (unpaired) electrons. The lowest BCUT2D eigenvalue weighted by atomic mass is 9.99. The number of hydrogen-bond donors (Lipinski definition) is 0. The molecule has 94 valence electrons. The molecule has 0 spiro atoms. The molecule has 1 aromatic rings. The molecular formula is C14H20ClNO. The lowest BCUT2D eigenvalue weighted by molar-refractivity contribution is 0.0898. The highest BCUT2D eigenvalue weighted by Crippen LogP contribution is 2.14. The van der Waals surface area contributed by atoms with Crippen LogP contribution in [-0.2, 0) is 0 Å². The largest absolute Gasteiger partial charge is 0.303 e. The summed E-state index contributed by atoms with van der Waals surface area (Å²) < 4.78 is 0. The molecule has 1 aromatic carbocycles. The van der Waals surface area contributed by atoms with Gasteiger partial charge in [-0.1, -0.05) is 32.4 Å². The molecule has 0 N–H and O–H groups in total. The summed E-state index contributed by atoms with van der Waals surface area (Å²) in [7, 11) is 0. The van der Waals surface area contributed by atoms with Crippen LogP contribution in [0.25, 0.3) is 0 Å². The minimum absolute atomic E-state index is 0.0241. The fraction of sp³-hybridized carbons (Fsp3) is 0.500. The van der Waals surface area contributed by atoms with Crippen LogP contribution in [-0.4, -0.2) is 30.3 Å². The molecule has 17 heavy (non-hydrogen) atoms. The highest BCUT2D eigenvalue weighted by atomic mass is 35.5. The Morgan fingerprint density at radius 3 is 2.24 bits per heavy atom. The molecule has 0 amide bonds. The molecule has 0 aliphatic rings. The predicted molar refractivity (Wildman–Crippen MR) is 72.7 cm³/mol. The number of carbonyl (C=O) groups excluding carboxylic acids is 1. The average Bonchev–Trinajstić information content (AvgIpc) is 2.35. The van der Waals surface area contributed by atoms with Crippen LogP contribution in [0.1, 0.15) is 31.1 Å². The van der Waals surface area contributed by atoms with Crippen LogP contribution in [0.15, 0.2) is 24.3 Å². The summed E-state index contributed by atoms with van der Waals surface area (Å²) >= 11 is 5.81. The van der Waals surface area contributed by atoms with E-state index in [9.17, 15) is 4.79 Å². The number of Topliss-reactive ketones (excluding diaryl/α,β-unsaturated/α-hetero) is 1. The second-order valence-corrected chi connectivity index (χ2v) is 4.69. The summed E-state index contributed by atoms with van der Waals surface area (Å²) in [5.41, 5.74) is 0.744. The van der Waals surface area contributed by atoms with Crippen LogP contribution in [0.3, 0.4) is 0 Å². The second-order valence-electron chi connectivity index (χ2n) is 4.26. The first kappa shape index (κ1) is 14.2. The molecule has 0 aliphatic carbocycles. The van der Waals surface area contributed by atoms with E-state index in [0.717, 1.165) is 25.2 Å². The summed E-state index contributed by atoms with van der Waals surface area (Å²) in [6, 6.07) is 7.12. The third kappa shape index (κ3) is 4.14. The number of carbonyl (C=O) groups is 1. The number of benzene rings is 1. The summed E-state index contributed by atoms with van der Waals surface area (Å²) in [4.78, 5) is 14.4. The molecule has 1 rings (SSSR count). The van der Waals surface area contributed by atoms with E-state index in [1.165, 1.54) is 0 Å². The van der Waals surface area contributed by atoms with Gasteiger partial charge in [0.1, 0.15) is 0 Å². The number of ketones is 1. The van der Waals surface area contributed by atoms with Crippen LogP contribution in [0.2, 0.25) is 5.02 Å². The molecule has 1 unspecified atom stereocenters. The van der Waals surface area contributed by atoms with Gasteiger partial charge in [-0.15, -0.1) is 0 Å². The van der Waals surface area contributed by atoms with Gasteiger partial charge in [0.05, 0.1) is 0 Å². The Labute approximate surface area is 109 Å². The fourth-order valence-corrected chi connectivity index (χ4v) is 1.98. The van der Waals surface area contributed by atoms with Crippen molar-refractivity contribution in [2.24, 2.45) is 5.92 Å². The molecule has 0 heterocycles. The van der Waals surface area contributed by atoms with Crippen molar-refractivity contribution < 1.29 is 4.79 Å². The highest BCUT2D eigenvalue weighted by Gasteiger charge is 2.17. The van der Waals surface area contributed by atoms with Crippen molar-refractivity contribution in [3.63, 3.8) is 0 Å². The maximum Gasteiger partial charge on any atom is 0.166 e. The summed E-state index contributed by atoms with van der Waals surface area (Å²) in [5, 5.41) is 0.665. The van der Waals surface area contributed by atoms with Crippen LogP contribution in [0, 0.1) is 5.92 Å². The van der Waals surface area contributed by atoms with Crippen molar-refractivity contribution in [3.05, 3.63) is 34.9 Å². The van der Waals surface area contributed by atoms with Gasteiger partial charge in [-0.2, -0.15) is 0 Å². The Hall–Kier alpha value is -0.860. The minimum atomic E-state index is 0.0241. The van der Waals surface area contributed by atoms with Crippen LogP contribution < -0.4 is 0 Å². The predicted octanol–water partition coefficient (Wildman–Crippen LogP) is 3.50. The van der Waals surface area contributed by atoms with E-state index in [-0.39, 0.29) is 11.7 Å². The highest BCUT2D eigenvalue weighted by molar-refractivity contribution is 6.30. The number of rotatable bonds is 6. The molecule has 2 nitrogen and oxygen atoms in total. The zero-order valence-electron chi connectivity index (χ0n) is 10.7. The summed E-state index contributed by atoms with van der Waals surface area (Å²) in [5.74, 6) is 0.213. The van der Waals surface area contributed by atoms with Crippen LogP contribution in [0.5, 0.6) is 0 Å². The molecule has 1 atom stereocenters. The smallest absolute Gasteiger partial charge is 0.166 e. The third-order valence-corrected chi connectivity index (χ3v) is 3.25. The monoisotopic (exact) mass is 253 g/mol. The lowest BCUT2D eigenvalue weighted by Crippen LogP contribution is -2.31. The Morgan fingerprint density at radius 2 is 1.76 bits per heavy atom. The van der Waals surface area contributed by atoms with E-state index in [0.29, 0.717) is 5.02 Å². The van der Waals surface area contributed by atoms with Crippen molar-refractivity contribution in [3.8, 4) is 0 Å². The SMILES string of the molecule is CCN(CC)CC(C)C(=O)c1ccc(Cl)cc1. The lowest BCUT2D eigenvalue weighted by Gasteiger charge is -2.21. The topological polar surface area (TPSA) is 20.3 Å². The maximum absolute atomic E-state index is 12.2. The van der Waals surface area contributed by atoms with Crippen molar-refractivity contribution in [2.75, 3.05) is 19.6 Å². The Bertz CT molecular complexity index is 357. The molecule has 0 aliphatic heterocycles. The van der Waals surface area contributed by atoms with Crippen molar-refractivity contribution in [2.45, 2.75) is 20.8 Å². The first-order chi connectivity index (χ1) is 8.08. The number of hydrogen-bond acceptors (Lipinski definition) is 2. The van der Waals surface area contributed by atoms with E-state index in [1.54, 1.807) is 24.3 Å². The summed E-state index contributed by atoms with van der Waals surface area (Å²) in [6.45, 7) is 8.99. The summed E-state index contributed by atoms with van der Waals surface area (Å²) in [6.07, 6.45) is 0. The van der Waals surface area contributed by atoms with Gasteiger partial charge in [0.2, 0.25) is 0 Å². The molecule has 0 bridgehead atoms. The Balaban J connectivity index is 2.66. The van der Waals surface area contributed by atoms with Gasteiger partial charge in [-0.25, -0.2) is 0 Å². The van der Waals surface area contributed by atoms with E-state index in [1.807, 2.05) is 6.92 Å². The normalized spacial score (nSPS) is 12.8. The van der Waals surface area contributed by atoms with Crippen molar-refractivity contribution >= 4 is 17.4 Å². The first-order valence-electron chi connectivity index (χ1n) is 6.10. The van der Waals surface area contributed by atoms with Gasteiger partial charge in [-0.3, -0.25) is 4.79 Å². The Morgan fingerprint density at radius 1 is 1.24 bits per heavy atom. The van der Waals surface area contributed by atoms with Gasteiger partial charge >= 0.3 is 0 Å². The standard InChI is InChI=1S/C14H20ClNO/c1-4-16(5-2)10-11(3)14(17)12-6-8-13(15)9-7-12/h6-9,11H,4-5,10H2,1-3H3. The zero-order valence-corrected chi connectivity index (χ0v) is 11.5. The molecule has 0 fully saturated rings. The Kier molecular flexibility index (Phi) is 5.66. The van der Waals surface area contributed by atoms with Crippen molar-refractivity contribution in [1.82, 2.24) is 4.90 Å². The van der Waals surface area contributed by atoms with E-state index >= 15 is 0 Å². The second kappa shape index (κ2) is 6.77. The molecular weight excluding hydrogens is 234 g/mol. The molecule has 0 saturated heterocycles. The first-order valence-corrected chi connectivity index (χ1v) is 6.48. The average molecular weight is 254 g/mol. The molecule has 0 aromatic heterocycles. The van der Waals surface area contributed by atoms with Gasteiger partial charge in [0, 0.05) is 23.0 Å². The van der Waals surface area contributed by atoms with Gasteiger partial charge in [-0.05, 0) is 37.4 Å². The van der Waals surface area contributed by atoms with Gasteiger partial charge < -0.3 is 4.90 Å². The van der Waals surface area contributed by atoms with E-state index in [2.05, 4.69) is 18.7 Å². The van der Waals surface area contributed by atoms with E-state index in [4.69, 9.17) is 11.6 Å². The van der Waals surface area contributed by atoms with E-state index < -0.39 is 0 Å².